The summed E-state index contributed by atoms with van der Waals surface area (Å²) >= 11 is 1.37. The fourth-order valence-electron chi connectivity index (χ4n) is 3.25. The largest absolute Gasteiger partial charge is 0.338 e. The first-order chi connectivity index (χ1) is 12.2. The van der Waals surface area contributed by atoms with Crippen molar-refractivity contribution in [1.82, 2.24) is 14.9 Å². The second-order valence-corrected chi connectivity index (χ2v) is 10.5. The quantitative estimate of drug-likeness (QED) is 0.760. The van der Waals surface area contributed by atoms with E-state index in [0.29, 0.717) is 24.0 Å². The molecule has 1 aliphatic rings. The van der Waals surface area contributed by atoms with Gasteiger partial charge in [0.05, 0.1) is 28.3 Å². The molecule has 0 aliphatic carbocycles. The molecule has 2 heterocycles. The van der Waals surface area contributed by atoms with Crippen LogP contribution in [0.5, 0.6) is 0 Å². The third kappa shape index (κ3) is 4.59. The number of fused-ring (bicyclic) bond motifs is 1. The molecule has 0 saturated carbocycles. The summed E-state index contributed by atoms with van der Waals surface area (Å²) in [5, 5.41) is 0.711. The van der Waals surface area contributed by atoms with Crippen LogP contribution in [-0.2, 0) is 14.6 Å². The number of hydrogen-bond acceptors (Lipinski definition) is 5. The van der Waals surface area contributed by atoms with Gasteiger partial charge < -0.3 is 9.88 Å². The second-order valence-electron chi connectivity index (χ2n) is 7.35. The summed E-state index contributed by atoms with van der Waals surface area (Å²) in [5.41, 5.74) is 2.99. The Labute approximate surface area is 158 Å². The minimum Gasteiger partial charge on any atom is -0.338 e. The van der Waals surface area contributed by atoms with E-state index in [1.165, 1.54) is 11.8 Å². The van der Waals surface area contributed by atoms with E-state index in [9.17, 15) is 13.2 Å². The molecule has 0 radical (unpaired) electrons. The highest BCUT2D eigenvalue weighted by atomic mass is 32.2. The Hall–Kier alpha value is -1.54. The number of nitrogens with zero attached hydrogens (tertiary/aromatic N) is 2. The topological polar surface area (TPSA) is 83.1 Å². The van der Waals surface area contributed by atoms with Crippen molar-refractivity contribution in [2.45, 2.75) is 38.4 Å². The average molecular weight is 396 g/mol. The molecule has 1 amide bonds. The summed E-state index contributed by atoms with van der Waals surface area (Å²) in [6.07, 6.45) is 0.537. The Balaban J connectivity index is 1.68. The van der Waals surface area contributed by atoms with Crippen molar-refractivity contribution in [2.75, 3.05) is 23.8 Å². The lowest BCUT2D eigenvalue weighted by Crippen LogP contribution is -2.44. The van der Waals surface area contributed by atoms with Crippen LogP contribution >= 0.6 is 11.8 Å². The number of H-pyrrole nitrogens is 1. The summed E-state index contributed by atoms with van der Waals surface area (Å²) < 4.78 is 23.6. The number of rotatable bonds is 6. The van der Waals surface area contributed by atoms with Crippen LogP contribution in [0.3, 0.4) is 0 Å². The first kappa shape index (κ1) is 19.2. The Morgan fingerprint density at radius 1 is 1.42 bits per heavy atom. The van der Waals surface area contributed by atoms with Gasteiger partial charge in [0.15, 0.2) is 15.0 Å². The predicted molar refractivity (Wildman–Crippen MR) is 105 cm³/mol. The number of imidazole rings is 1. The summed E-state index contributed by atoms with van der Waals surface area (Å²) in [5.74, 6) is 0.779. The Morgan fingerprint density at radius 2 is 2.19 bits per heavy atom. The zero-order chi connectivity index (χ0) is 18.9. The van der Waals surface area contributed by atoms with Gasteiger partial charge in [-0.05, 0) is 37.0 Å². The average Bonchev–Trinajstić information content (AvgIpc) is 3.12. The van der Waals surface area contributed by atoms with Gasteiger partial charge in [-0.25, -0.2) is 13.4 Å². The van der Waals surface area contributed by atoms with Gasteiger partial charge in [0, 0.05) is 12.6 Å². The van der Waals surface area contributed by atoms with Crippen molar-refractivity contribution >= 4 is 38.5 Å². The second kappa shape index (κ2) is 7.60. The van der Waals surface area contributed by atoms with Gasteiger partial charge in [0.2, 0.25) is 5.91 Å². The van der Waals surface area contributed by atoms with E-state index >= 15 is 0 Å². The Kier molecular flexibility index (Phi) is 5.62. The molecular weight excluding hydrogens is 370 g/mol. The van der Waals surface area contributed by atoms with Gasteiger partial charge in [-0.2, -0.15) is 0 Å². The van der Waals surface area contributed by atoms with Gasteiger partial charge in [-0.15, -0.1) is 0 Å². The molecule has 0 spiro atoms. The number of benzene rings is 1. The molecule has 0 bridgehead atoms. The molecular formula is C18H25N3O3S2. The van der Waals surface area contributed by atoms with Crippen molar-refractivity contribution in [3.05, 3.63) is 23.8 Å². The third-order valence-corrected chi connectivity index (χ3v) is 7.09. The lowest BCUT2D eigenvalue weighted by molar-refractivity contribution is -0.130. The summed E-state index contributed by atoms with van der Waals surface area (Å²) in [6, 6.07) is 5.80. The van der Waals surface area contributed by atoms with E-state index in [1.807, 2.05) is 39.0 Å². The Morgan fingerprint density at radius 3 is 2.85 bits per heavy atom. The van der Waals surface area contributed by atoms with E-state index in [0.717, 1.165) is 16.6 Å². The highest BCUT2D eigenvalue weighted by molar-refractivity contribution is 7.99. The molecule has 1 aromatic heterocycles. The molecule has 8 heteroatoms. The van der Waals surface area contributed by atoms with Gasteiger partial charge >= 0.3 is 0 Å². The Bertz CT molecular complexity index is 906. The SMILES string of the molecule is Cc1ccc2nc(SCC(=O)N(CC(C)C)[C@@H]3CCS(=O)(=O)C3)[nH]c2c1. The van der Waals surface area contributed by atoms with Crippen molar-refractivity contribution in [2.24, 2.45) is 5.92 Å². The summed E-state index contributed by atoms with van der Waals surface area (Å²) in [4.78, 5) is 22.3. The van der Waals surface area contributed by atoms with Crippen LogP contribution in [0.25, 0.3) is 11.0 Å². The minimum atomic E-state index is -3.02. The molecule has 1 aromatic carbocycles. The van der Waals surface area contributed by atoms with Crippen LogP contribution in [0.15, 0.2) is 23.4 Å². The minimum absolute atomic E-state index is 0.0255. The van der Waals surface area contributed by atoms with Crippen molar-refractivity contribution in [1.29, 1.82) is 0 Å². The number of aromatic amines is 1. The maximum Gasteiger partial charge on any atom is 0.233 e. The lowest BCUT2D eigenvalue weighted by Gasteiger charge is -2.29. The summed E-state index contributed by atoms with van der Waals surface area (Å²) in [7, 11) is -3.02. The van der Waals surface area contributed by atoms with E-state index in [-0.39, 0.29) is 29.2 Å². The first-order valence-corrected chi connectivity index (χ1v) is 11.6. The van der Waals surface area contributed by atoms with Gasteiger partial charge in [0.1, 0.15) is 0 Å². The van der Waals surface area contributed by atoms with Crippen molar-refractivity contribution < 1.29 is 13.2 Å². The number of nitrogens with one attached hydrogen (secondary N) is 1. The predicted octanol–water partition coefficient (Wildman–Crippen LogP) is 2.64. The molecule has 26 heavy (non-hydrogen) atoms. The fraction of sp³-hybridized carbons (Fsp3) is 0.556. The van der Waals surface area contributed by atoms with E-state index in [4.69, 9.17) is 0 Å². The summed E-state index contributed by atoms with van der Waals surface area (Å²) in [6.45, 7) is 6.69. The molecule has 2 aromatic rings. The molecule has 1 aliphatic heterocycles. The number of hydrogen-bond donors (Lipinski definition) is 1. The third-order valence-electron chi connectivity index (χ3n) is 4.48. The lowest BCUT2D eigenvalue weighted by atomic mass is 10.1. The van der Waals surface area contributed by atoms with Crippen LogP contribution in [0.2, 0.25) is 0 Å². The fourth-order valence-corrected chi connectivity index (χ4v) is 5.75. The van der Waals surface area contributed by atoms with Gasteiger partial charge in [-0.1, -0.05) is 31.7 Å². The number of thioether (sulfide) groups is 1. The van der Waals surface area contributed by atoms with Crippen LogP contribution in [-0.4, -0.2) is 59.0 Å². The molecule has 1 atom stereocenters. The first-order valence-electron chi connectivity index (χ1n) is 8.82. The maximum absolute atomic E-state index is 12.8. The van der Waals surface area contributed by atoms with Gasteiger partial charge in [-0.3, -0.25) is 4.79 Å². The van der Waals surface area contributed by atoms with E-state index in [1.54, 1.807) is 4.90 Å². The zero-order valence-electron chi connectivity index (χ0n) is 15.4. The standard InChI is InChI=1S/C18H25N3O3S2/c1-12(2)9-21(14-6-7-26(23,24)11-14)17(22)10-25-18-19-15-5-4-13(3)8-16(15)20-18/h4-5,8,12,14H,6-7,9-11H2,1-3H3,(H,19,20)/t14-/m1/s1. The van der Waals surface area contributed by atoms with Crippen LogP contribution in [0.1, 0.15) is 25.8 Å². The molecule has 6 nitrogen and oxygen atoms in total. The number of carbonyl (C=O) groups is 1. The van der Waals surface area contributed by atoms with Crippen LogP contribution in [0.4, 0.5) is 0 Å². The number of carbonyl (C=O) groups excluding carboxylic acids is 1. The molecule has 1 saturated heterocycles. The molecule has 142 valence electrons. The molecule has 3 rings (SSSR count). The van der Waals surface area contributed by atoms with E-state index < -0.39 is 9.84 Å². The number of aryl methyl sites for hydroxylation is 1. The van der Waals surface area contributed by atoms with Crippen LogP contribution < -0.4 is 0 Å². The van der Waals surface area contributed by atoms with Gasteiger partial charge in [0.25, 0.3) is 0 Å². The zero-order valence-corrected chi connectivity index (χ0v) is 17.0. The van der Waals surface area contributed by atoms with Crippen molar-refractivity contribution in [3.8, 4) is 0 Å². The number of sulfone groups is 1. The van der Waals surface area contributed by atoms with E-state index in [2.05, 4.69) is 9.97 Å². The normalized spacial score (nSPS) is 19.3. The molecule has 1 fully saturated rings. The maximum atomic E-state index is 12.8. The highest BCUT2D eigenvalue weighted by Crippen LogP contribution is 2.23. The number of aromatic nitrogens is 2. The number of amides is 1. The highest BCUT2D eigenvalue weighted by Gasteiger charge is 2.34. The monoisotopic (exact) mass is 395 g/mol. The molecule has 0 unspecified atom stereocenters. The smallest absolute Gasteiger partial charge is 0.233 e. The molecule has 1 N–H and O–H groups in total. The van der Waals surface area contributed by atoms with Crippen LogP contribution in [0, 0.1) is 12.8 Å². The van der Waals surface area contributed by atoms with Crippen molar-refractivity contribution in [3.63, 3.8) is 0 Å².